The first kappa shape index (κ1) is 29.3. The maximum absolute atomic E-state index is 13.4. The topological polar surface area (TPSA) is 134 Å². The molecule has 4 rings (SSSR count). The molecule has 10 nitrogen and oxygen atoms in total. The van der Waals surface area contributed by atoms with Crippen molar-refractivity contribution in [1.29, 1.82) is 0 Å². The van der Waals surface area contributed by atoms with Gasteiger partial charge < -0.3 is 35.1 Å². The molecule has 0 saturated carbocycles. The van der Waals surface area contributed by atoms with Gasteiger partial charge in [-0.2, -0.15) is 0 Å². The fourth-order valence-electron chi connectivity index (χ4n) is 4.93. The van der Waals surface area contributed by atoms with Crippen LogP contribution in [0.15, 0.2) is 66.6 Å². The molecule has 10 heteroatoms. The number of aliphatic hydroxyl groups is 1. The van der Waals surface area contributed by atoms with Crippen LogP contribution in [-0.4, -0.2) is 67.4 Å². The average Bonchev–Trinajstić information content (AvgIpc) is 3.34. The van der Waals surface area contributed by atoms with Gasteiger partial charge in [-0.05, 0) is 43.2 Å². The van der Waals surface area contributed by atoms with Gasteiger partial charge in [0.05, 0.1) is 43.3 Å². The molecule has 0 fully saturated rings. The summed E-state index contributed by atoms with van der Waals surface area (Å²) in [5.41, 5.74) is 8.64. The summed E-state index contributed by atoms with van der Waals surface area (Å²) in [6.07, 6.45) is 3.46. The zero-order valence-corrected chi connectivity index (χ0v) is 22.9. The highest BCUT2D eigenvalue weighted by Gasteiger charge is 2.39. The van der Waals surface area contributed by atoms with Crippen molar-refractivity contribution in [3.8, 4) is 0 Å². The lowest BCUT2D eigenvalue weighted by atomic mass is 9.81. The zero-order chi connectivity index (χ0) is 28.5. The second-order valence-corrected chi connectivity index (χ2v) is 9.43. The third-order valence-corrected chi connectivity index (χ3v) is 6.79. The largest absolute Gasteiger partial charge is 0.459 e. The number of hydrogen-bond donors (Lipinski definition) is 3. The van der Waals surface area contributed by atoms with Crippen molar-refractivity contribution in [3.63, 3.8) is 0 Å². The van der Waals surface area contributed by atoms with Gasteiger partial charge in [0.25, 0.3) is 5.91 Å². The van der Waals surface area contributed by atoms with E-state index >= 15 is 0 Å². The normalized spacial score (nSPS) is 18.8. The van der Waals surface area contributed by atoms with E-state index in [9.17, 15) is 9.59 Å². The van der Waals surface area contributed by atoms with Crippen LogP contribution in [0.2, 0.25) is 0 Å². The first-order chi connectivity index (χ1) is 19.4. The number of carbonyl (C=O) groups excluding carboxylic acids is 2. The third-order valence-electron chi connectivity index (χ3n) is 6.79. The Morgan fingerprint density at radius 3 is 2.50 bits per heavy atom. The maximum atomic E-state index is 13.4. The van der Waals surface area contributed by atoms with Gasteiger partial charge in [-0.25, -0.2) is 0 Å². The average molecular weight is 552 g/mol. The number of nitrogens with one attached hydrogen (secondary N) is 1. The van der Waals surface area contributed by atoms with E-state index in [1.54, 1.807) is 34.9 Å². The molecule has 214 valence electrons. The Morgan fingerprint density at radius 2 is 1.77 bits per heavy atom. The molecule has 1 aliphatic heterocycles. The number of amides is 1. The van der Waals surface area contributed by atoms with Crippen molar-refractivity contribution in [1.82, 2.24) is 4.57 Å². The summed E-state index contributed by atoms with van der Waals surface area (Å²) in [7, 11) is 0. The second-order valence-electron chi connectivity index (χ2n) is 9.43. The zero-order valence-electron chi connectivity index (χ0n) is 22.9. The summed E-state index contributed by atoms with van der Waals surface area (Å²) in [5, 5.41) is 12.6. The van der Waals surface area contributed by atoms with Crippen molar-refractivity contribution in [2.45, 2.75) is 32.5 Å². The van der Waals surface area contributed by atoms with Gasteiger partial charge in [0.15, 0.2) is 5.76 Å². The predicted molar refractivity (Wildman–Crippen MR) is 152 cm³/mol. The van der Waals surface area contributed by atoms with Crippen molar-refractivity contribution in [3.05, 3.63) is 72.1 Å². The number of rotatable bonds is 13. The van der Waals surface area contributed by atoms with Gasteiger partial charge in [0.2, 0.25) is 12.2 Å². The Hall–Kier alpha value is -3.70. The number of nitrogens with zero attached hydrogens (tertiary/aromatic N) is 1. The van der Waals surface area contributed by atoms with Gasteiger partial charge in [0.1, 0.15) is 0 Å². The number of aliphatic hydroxyl groups excluding tert-OH is 1. The summed E-state index contributed by atoms with van der Waals surface area (Å²) in [6.45, 7) is 5.14. The van der Waals surface area contributed by atoms with Crippen LogP contribution in [0, 0.1) is 5.92 Å². The van der Waals surface area contributed by atoms with E-state index in [0.29, 0.717) is 44.2 Å². The van der Waals surface area contributed by atoms with Crippen molar-refractivity contribution < 1.29 is 33.6 Å². The number of nitrogens with two attached hydrogens (primary N) is 1. The first-order valence-electron chi connectivity index (χ1n) is 13.5. The number of nitrogen functional groups attached to an aromatic ring is 1. The predicted octanol–water partition coefficient (Wildman–Crippen LogP) is 3.91. The van der Waals surface area contributed by atoms with Gasteiger partial charge in [-0.15, -0.1) is 0 Å². The smallest absolute Gasteiger partial charge is 0.290 e. The van der Waals surface area contributed by atoms with E-state index in [1.807, 2.05) is 37.4 Å². The Kier molecular flexibility index (Phi) is 10.3. The van der Waals surface area contributed by atoms with Crippen LogP contribution in [0.25, 0.3) is 10.9 Å². The summed E-state index contributed by atoms with van der Waals surface area (Å²) in [4.78, 5) is 25.9. The Balaban J connectivity index is 1.68. The molecule has 3 aromatic rings. The van der Waals surface area contributed by atoms with Crippen LogP contribution in [0.3, 0.4) is 0 Å². The highest BCUT2D eigenvalue weighted by Crippen LogP contribution is 2.42. The van der Waals surface area contributed by atoms with Crippen LogP contribution in [0.4, 0.5) is 11.4 Å². The summed E-state index contributed by atoms with van der Waals surface area (Å²) in [5.74, 6) is -0.985. The maximum Gasteiger partial charge on any atom is 0.290 e. The molecule has 40 heavy (non-hydrogen) atoms. The number of para-hydroxylation sites is 3. The number of ether oxygens (including phenoxy) is 4. The second kappa shape index (κ2) is 14.1. The van der Waals surface area contributed by atoms with Crippen LogP contribution in [0.1, 0.15) is 36.5 Å². The molecular formula is C30H37N3O7. The van der Waals surface area contributed by atoms with Crippen molar-refractivity contribution in [2.75, 3.05) is 50.7 Å². The van der Waals surface area contributed by atoms with Crippen molar-refractivity contribution in [2.24, 2.45) is 5.92 Å². The van der Waals surface area contributed by atoms with Crippen LogP contribution in [-0.2, 0) is 23.7 Å². The molecule has 0 saturated heterocycles. The SMILES string of the molecule is CCO[C@@H]1OC(C(=O)Nc2ccccc2N)=C[C@H](c2cn(C(C)=O)c3ccccc23)[C@H]1CCOCCOCCO. The Morgan fingerprint density at radius 1 is 1.05 bits per heavy atom. The van der Waals surface area contributed by atoms with Crippen molar-refractivity contribution >= 4 is 34.1 Å². The minimum atomic E-state index is -0.734. The van der Waals surface area contributed by atoms with Gasteiger partial charge in [-0.3, -0.25) is 14.2 Å². The van der Waals surface area contributed by atoms with Crippen LogP contribution in [0.5, 0.6) is 0 Å². The molecule has 2 heterocycles. The fourth-order valence-corrected chi connectivity index (χ4v) is 4.93. The standard InChI is InChI=1S/C30H37N3O7/c1-3-39-30-22(12-14-37-16-17-38-15-13-34)23(24-19-33(20(2)35)27-11-7-4-8-21(24)27)18-28(40-30)29(36)32-26-10-6-5-9-25(26)31/h4-11,18-19,22-23,30,34H,3,12-17,31H2,1-2H3,(H,32,36)/t22-,23+,30-/m1/s1. The highest BCUT2D eigenvalue weighted by molar-refractivity contribution is 6.04. The highest BCUT2D eigenvalue weighted by atomic mass is 16.7. The molecule has 0 spiro atoms. The molecule has 2 aromatic carbocycles. The number of allylic oxidation sites excluding steroid dienone is 1. The lowest BCUT2D eigenvalue weighted by Gasteiger charge is -2.36. The molecule has 0 radical (unpaired) electrons. The monoisotopic (exact) mass is 551 g/mol. The van der Waals surface area contributed by atoms with Gasteiger partial charge in [-0.1, -0.05) is 30.3 Å². The molecule has 0 unspecified atom stereocenters. The molecule has 1 aromatic heterocycles. The van der Waals surface area contributed by atoms with E-state index in [4.69, 9.17) is 29.8 Å². The van der Waals surface area contributed by atoms with E-state index in [1.165, 1.54) is 6.92 Å². The minimum Gasteiger partial charge on any atom is -0.459 e. The Labute approximate surface area is 233 Å². The Bertz CT molecular complexity index is 1340. The number of fused-ring (bicyclic) bond motifs is 1. The molecule has 1 aliphatic rings. The van der Waals surface area contributed by atoms with E-state index in [-0.39, 0.29) is 36.7 Å². The summed E-state index contributed by atoms with van der Waals surface area (Å²) >= 11 is 0. The molecule has 1 amide bonds. The number of aromatic nitrogens is 1. The van der Waals surface area contributed by atoms with E-state index < -0.39 is 12.2 Å². The number of benzene rings is 2. The van der Waals surface area contributed by atoms with Crippen LogP contribution < -0.4 is 11.1 Å². The molecule has 0 aliphatic carbocycles. The minimum absolute atomic E-state index is 0.0376. The van der Waals surface area contributed by atoms with E-state index in [2.05, 4.69) is 5.32 Å². The number of hydrogen-bond acceptors (Lipinski definition) is 8. The molecular weight excluding hydrogens is 514 g/mol. The van der Waals surface area contributed by atoms with Gasteiger partial charge in [0, 0.05) is 43.6 Å². The molecule has 4 N–H and O–H groups in total. The van der Waals surface area contributed by atoms with Crippen LogP contribution >= 0.6 is 0 Å². The van der Waals surface area contributed by atoms with E-state index in [0.717, 1.165) is 16.5 Å². The summed E-state index contributed by atoms with van der Waals surface area (Å²) in [6, 6.07) is 14.7. The molecule has 3 atom stereocenters. The summed E-state index contributed by atoms with van der Waals surface area (Å²) < 4.78 is 24.9. The number of anilines is 2. The lowest BCUT2D eigenvalue weighted by molar-refractivity contribution is -0.166. The quantitative estimate of drug-likeness (QED) is 0.215. The number of carbonyl (C=O) groups is 2. The molecule has 0 bridgehead atoms. The third kappa shape index (κ3) is 6.89. The van der Waals surface area contributed by atoms with Gasteiger partial charge >= 0.3 is 0 Å². The lowest BCUT2D eigenvalue weighted by Crippen LogP contribution is -2.38. The first-order valence-corrected chi connectivity index (χ1v) is 13.5. The fraction of sp³-hybridized carbons (Fsp3) is 0.400.